The van der Waals surface area contributed by atoms with Gasteiger partial charge in [-0.3, -0.25) is 4.90 Å². The average Bonchev–Trinajstić information content (AvgIpc) is 2.87. The summed E-state index contributed by atoms with van der Waals surface area (Å²) >= 11 is 0. The smallest absolute Gasteiger partial charge is 0.151 e. The Morgan fingerprint density at radius 1 is 1.21 bits per heavy atom. The van der Waals surface area contributed by atoms with Gasteiger partial charge in [0.05, 0.1) is 12.2 Å². The normalized spacial score (nSPS) is 11.1. The van der Waals surface area contributed by atoms with Crippen molar-refractivity contribution < 1.29 is 4.52 Å². The van der Waals surface area contributed by atoms with E-state index in [0.717, 1.165) is 37.6 Å². The molecule has 0 amide bonds. The first-order valence-electron chi connectivity index (χ1n) is 6.67. The van der Waals surface area contributed by atoms with E-state index in [0.29, 0.717) is 0 Å². The van der Waals surface area contributed by atoms with Crippen LogP contribution in [0.3, 0.4) is 0 Å². The second kappa shape index (κ2) is 7.07. The van der Waals surface area contributed by atoms with Crippen molar-refractivity contribution in [1.29, 1.82) is 0 Å². The second-order valence-electron chi connectivity index (χ2n) is 4.60. The summed E-state index contributed by atoms with van der Waals surface area (Å²) in [6.45, 7) is 5.61. The van der Waals surface area contributed by atoms with Gasteiger partial charge in [-0.2, -0.15) is 0 Å². The fourth-order valence-electron chi connectivity index (χ4n) is 2.04. The quantitative estimate of drug-likeness (QED) is 0.829. The summed E-state index contributed by atoms with van der Waals surface area (Å²) in [5, 5.41) is 7.10. The number of hydrogen-bond donors (Lipinski definition) is 1. The molecule has 1 N–H and O–H groups in total. The maximum atomic E-state index is 5.36. The fraction of sp³-hybridized carbons (Fsp3) is 0.400. The first-order chi connectivity index (χ1) is 9.31. The molecule has 0 unspecified atom stereocenters. The molecule has 0 atom stereocenters. The van der Waals surface area contributed by atoms with Crippen LogP contribution in [0.2, 0.25) is 0 Å². The van der Waals surface area contributed by atoms with E-state index in [1.165, 1.54) is 5.56 Å². The van der Waals surface area contributed by atoms with Crippen LogP contribution in [0.5, 0.6) is 0 Å². The Bertz CT molecular complexity index is 481. The Balaban J connectivity index is 1.94. The SMILES string of the molecule is CCN(Cc1ccccc1)Cc1cc(CNC)no1. The molecule has 0 fully saturated rings. The van der Waals surface area contributed by atoms with Crippen molar-refractivity contribution in [2.45, 2.75) is 26.6 Å². The molecular formula is C15H21N3O. The summed E-state index contributed by atoms with van der Waals surface area (Å²) in [4.78, 5) is 2.33. The van der Waals surface area contributed by atoms with Gasteiger partial charge in [0.1, 0.15) is 0 Å². The Hall–Kier alpha value is -1.65. The summed E-state index contributed by atoms with van der Waals surface area (Å²) in [7, 11) is 1.90. The zero-order chi connectivity index (χ0) is 13.5. The van der Waals surface area contributed by atoms with Crippen LogP contribution in [0.4, 0.5) is 0 Å². The maximum Gasteiger partial charge on any atom is 0.151 e. The molecule has 1 aromatic carbocycles. The first kappa shape index (κ1) is 13.8. The molecule has 4 heteroatoms. The second-order valence-corrected chi connectivity index (χ2v) is 4.60. The molecule has 0 spiro atoms. The molecule has 0 aliphatic heterocycles. The van der Waals surface area contributed by atoms with Crippen LogP contribution < -0.4 is 5.32 Å². The largest absolute Gasteiger partial charge is 0.360 e. The van der Waals surface area contributed by atoms with Crippen molar-refractivity contribution >= 4 is 0 Å². The molecule has 0 saturated heterocycles. The number of nitrogens with one attached hydrogen (secondary N) is 1. The zero-order valence-electron chi connectivity index (χ0n) is 11.6. The van der Waals surface area contributed by atoms with E-state index in [1.54, 1.807) is 0 Å². The minimum absolute atomic E-state index is 0.744. The third-order valence-electron chi connectivity index (χ3n) is 3.04. The Labute approximate surface area is 114 Å². The average molecular weight is 259 g/mol. The molecule has 0 aliphatic rings. The van der Waals surface area contributed by atoms with Crippen LogP contribution in [0.1, 0.15) is 23.9 Å². The van der Waals surface area contributed by atoms with E-state index in [2.05, 4.69) is 46.6 Å². The topological polar surface area (TPSA) is 41.3 Å². The van der Waals surface area contributed by atoms with Crippen LogP contribution in [0, 0.1) is 0 Å². The molecule has 0 radical (unpaired) electrons. The van der Waals surface area contributed by atoms with Crippen LogP contribution in [0.15, 0.2) is 40.9 Å². The lowest BCUT2D eigenvalue weighted by molar-refractivity contribution is 0.233. The summed E-state index contributed by atoms with van der Waals surface area (Å²) < 4.78 is 5.36. The van der Waals surface area contributed by atoms with Gasteiger partial charge in [0, 0.05) is 19.2 Å². The molecule has 102 valence electrons. The van der Waals surface area contributed by atoms with Gasteiger partial charge in [-0.1, -0.05) is 42.4 Å². The number of nitrogens with zero attached hydrogens (tertiary/aromatic N) is 2. The zero-order valence-corrected chi connectivity index (χ0v) is 11.6. The molecular weight excluding hydrogens is 238 g/mol. The van der Waals surface area contributed by atoms with Crippen LogP contribution in [-0.4, -0.2) is 23.6 Å². The van der Waals surface area contributed by atoms with Crippen molar-refractivity contribution in [2.24, 2.45) is 0 Å². The van der Waals surface area contributed by atoms with Crippen molar-refractivity contribution in [3.05, 3.63) is 53.4 Å². The summed E-state index contributed by atoms with van der Waals surface area (Å²) in [6.07, 6.45) is 0. The molecule has 2 aromatic rings. The van der Waals surface area contributed by atoms with Gasteiger partial charge >= 0.3 is 0 Å². The summed E-state index contributed by atoms with van der Waals surface area (Å²) in [5.41, 5.74) is 2.27. The third kappa shape index (κ3) is 4.19. The highest BCUT2D eigenvalue weighted by atomic mass is 16.5. The van der Waals surface area contributed by atoms with Gasteiger partial charge in [0.25, 0.3) is 0 Å². The minimum Gasteiger partial charge on any atom is -0.360 e. The molecule has 0 saturated carbocycles. The lowest BCUT2D eigenvalue weighted by Crippen LogP contribution is -2.22. The van der Waals surface area contributed by atoms with Crippen molar-refractivity contribution in [3.8, 4) is 0 Å². The monoisotopic (exact) mass is 259 g/mol. The number of rotatable bonds is 7. The fourth-order valence-corrected chi connectivity index (χ4v) is 2.04. The summed E-state index contributed by atoms with van der Waals surface area (Å²) in [5.74, 6) is 0.919. The Morgan fingerprint density at radius 3 is 2.68 bits per heavy atom. The van der Waals surface area contributed by atoms with E-state index in [-0.39, 0.29) is 0 Å². The molecule has 19 heavy (non-hydrogen) atoms. The molecule has 4 nitrogen and oxygen atoms in total. The van der Waals surface area contributed by atoms with Crippen molar-refractivity contribution in [3.63, 3.8) is 0 Å². The molecule has 1 heterocycles. The van der Waals surface area contributed by atoms with Gasteiger partial charge in [0.15, 0.2) is 5.76 Å². The van der Waals surface area contributed by atoms with E-state index >= 15 is 0 Å². The van der Waals surface area contributed by atoms with Crippen LogP contribution in [-0.2, 0) is 19.6 Å². The number of hydrogen-bond acceptors (Lipinski definition) is 4. The lowest BCUT2D eigenvalue weighted by Gasteiger charge is -2.18. The highest BCUT2D eigenvalue weighted by Crippen LogP contribution is 2.11. The van der Waals surface area contributed by atoms with Gasteiger partial charge in [-0.15, -0.1) is 0 Å². The maximum absolute atomic E-state index is 5.36. The first-order valence-corrected chi connectivity index (χ1v) is 6.67. The highest BCUT2D eigenvalue weighted by Gasteiger charge is 2.09. The predicted molar refractivity (Wildman–Crippen MR) is 75.5 cm³/mol. The standard InChI is InChI=1S/C15H21N3O/c1-3-18(11-13-7-5-4-6-8-13)12-15-9-14(10-16-2)17-19-15/h4-9,16H,3,10-12H2,1-2H3. The van der Waals surface area contributed by atoms with E-state index in [1.807, 2.05) is 19.2 Å². The number of benzene rings is 1. The van der Waals surface area contributed by atoms with Crippen molar-refractivity contribution in [1.82, 2.24) is 15.4 Å². The van der Waals surface area contributed by atoms with Gasteiger partial charge in [-0.25, -0.2) is 0 Å². The molecule has 0 aliphatic carbocycles. The Morgan fingerprint density at radius 2 is 2.00 bits per heavy atom. The van der Waals surface area contributed by atoms with Gasteiger partial charge in [-0.05, 0) is 19.2 Å². The van der Waals surface area contributed by atoms with Gasteiger partial charge < -0.3 is 9.84 Å². The molecule has 0 bridgehead atoms. The highest BCUT2D eigenvalue weighted by molar-refractivity contribution is 5.14. The van der Waals surface area contributed by atoms with E-state index in [4.69, 9.17) is 4.52 Å². The summed E-state index contributed by atoms with van der Waals surface area (Å²) in [6, 6.07) is 12.5. The Kier molecular flexibility index (Phi) is 5.12. The van der Waals surface area contributed by atoms with Crippen molar-refractivity contribution in [2.75, 3.05) is 13.6 Å². The van der Waals surface area contributed by atoms with E-state index < -0.39 is 0 Å². The molecule has 2 rings (SSSR count). The number of aromatic nitrogens is 1. The molecule has 1 aromatic heterocycles. The van der Waals surface area contributed by atoms with Crippen LogP contribution in [0.25, 0.3) is 0 Å². The third-order valence-corrected chi connectivity index (χ3v) is 3.04. The predicted octanol–water partition coefficient (Wildman–Crippen LogP) is 2.42. The van der Waals surface area contributed by atoms with Gasteiger partial charge in [0.2, 0.25) is 0 Å². The van der Waals surface area contributed by atoms with Crippen LogP contribution >= 0.6 is 0 Å². The lowest BCUT2D eigenvalue weighted by atomic mass is 10.2. The van der Waals surface area contributed by atoms with E-state index in [9.17, 15) is 0 Å². The minimum atomic E-state index is 0.744.